The van der Waals surface area contributed by atoms with Gasteiger partial charge in [0.2, 0.25) is 0 Å². The lowest BCUT2D eigenvalue weighted by molar-refractivity contribution is 0.112. The Hall–Kier alpha value is -1.22. The minimum Gasteiger partial charge on any atom is -0.493 e. The molecule has 0 bridgehead atoms. The van der Waals surface area contributed by atoms with E-state index in [1.807, 2.05) is 0 Å². The van der Waals surface area contributed by atoms with Gasteiger partial charge in [0.25, 0.3) is 0 Å². The first kappa shape index (κ1) is 9.34. The Bertz CT molecular complexity index is 387. The third-order valence-corrected chi connectivity index (χ3v) is 2.69. The summed E-state index contributed by atoms with van der Waals surface area (Å²) in [7, 11) is 1.54. The molecule has 1 heterocycles. The maximum absolute atomic E-state index is 10.7. The van der Waals surface area contributed by atoms with Crippen molar-refractivity contribution < 1.29 is 14.3 Å². The molecule has 1 aliphatic heterocycles. The van der Waals surface area contributed by atoms with Crippen LogP contribution in [-0.4, -0.2) is 20.0 Å². The van der Waals surface area contributed by atoms with Gasteiger partial charge in [0.05, 0.1) is 18.7 Å². The fraction of sp³-hybridized carbons (Fsp3) is 0.300. The van der Waals surface area contributed by atoms with E-state index < -0.39 is 0 Å². The van der Waals surface area contributed by atoms with Crippen molar-refractivity contribution in [2.45, 2.75) is 6.42 Å². The lowest BCUT2D eigenvalue weighted by atomic mass is 10.1. The third kappa shape index (κ3) is 1.24. The smallest absolute Gasteiger partial charge is 0.166 e. The number of aldehydes is 1. The molecule has 0 N–H and O–H groups in total. The number of halogens is 1. The van der Waals surface area contributed by atoms with Gasteiger partial charge in [-0.3, -0.25) is 4.79 Å². The number of ether oxygens (including phenoxy) is 2. The Morgan fingerprint density at radius 2 is 2.43 bits per heavy atom. The number of hydrogen-bond acceptors (Lipinski definition) is 3. The van der Waals surface area contributed by atoms with Crippen LogP contribution in [0.5, 0.6) is 11.5 Å². The molecule has 14 heavy (non-hydrogen) atoms. The first-order valence-electron chi connectivity index (χ1n) is 4.25. The van der Waals surface area contributed by atoms with E-state index in [0.717, 1.165) is 18.3 Å². The largest absolute Gasteiger partial charge is 0.493 e. The van der Waals surface area contributed by atoms with Crippen LogP contribution >= 0.6 is 11.6 Å². The van der Waals surface area contributed by atoms with Crippen LogP contribution in [0.2, 0.25) is 5.02 Å². The highest BCUT2D eigenvalue weighted by Crippen LogP contribution is 2.41. The molecule has 74 valence electrons. The van der Waals surface area contributed by atoms with Gasteiger partial charge in [-0.2, -0.15) is 0 Å². The highest BCUT2D eigenvalue weighted by atomic mass is 35.5. The lowest BCUT2D eigenvalue weighted by Crippen LogP contribution is -1.93. The summed E-state index contributed by atoms with van der Waals surface area (Å²) in [5, 5.41) is 0.480. The zero-order valence-electron chi connectivity index (χ0n) is 7.67. The van der Waals surface area contributed by atoms with Crippen molar-refractivity contribution in [2.24, 2.45) is 0 Å². The summed E-state index contributed by atoms with van der Waals surface area (Å²) in [5.41, 5.74) is 1.32. The van der Waals surface area contributed by atoms with Crippen LogP contribution in [0, 0.1) is 0 Å². The highest BCUT2D eigenvalue weighted by molar-refractivity contribution is 6.34. The first-order valence-corrected chi connectivity index (χ1v) is 4.63. The molecule has 0 saturated carbocycles. The molecule has 0 saturated heterocycles. The van der Waals surface area contributed by atoms with Gasteiger partial charge in [-0.1, -0.05) is 11.6 Å². The zero-order chi connectivity index (χ0) is 10.1. The van der Waals surface area contributed by atoms with Crippen LogP contribution in [0.3, 0.4) is 0 Å². The molecule has 1 aromatic rings. The Kier molecular flexibility index (Phi) is 2.33. The molecule has 0 atom stereocenters. The summed E-state index contributed by atoms with van der Waals surface area (Å²) >= 11 is 6.02. The van der Waals surface area contributed by atoms with Crippen molar-refractivity contribution in [2.75, 3.05) is 13.7 Å². The van der Waals surface area contributed by atoms with Crippen LogP contribution in [0.1, 0.15) is 15.9 Å². The summed E-state index contributed by atoms with van der Waals surface area (Å²) in [5.74, 6) is 1.24. The topological polar surface area (TPSA) is 35.5 Å². The molecule has 0 fully saturated rings. The fourth-order valence-electron chi connectivity index (χ4n) is 1.57. The number of fused-ring (bicyclic) bond motifs is 1. The monoisotopic (exact) mass is 212 g/mol. The molecule has 1 aliphatic rings. The first-order chi connectivity index (χ1) is 6.77. The van der Waals surface area contributed by atoms with Crippen LogP contribution in [0.4, 0.5) is 0 Å². The SMILES string of the molecule is COc1cc(C=O)c(Cl)c2c1OCC2. The van der Waals surface area contributed by atoms with Crippen LogP contribution in [-0.2, 0) is 6.42 Å². The third-order valence-electron chi connectivity index (χ3n) is 2.25. The van der Waals surface area contributed by atoms with Gasteiger partial charge in [0.15, 0.2) is 17.8 Å². The molecule has 0 aromatic heterocycles. The van der Waals surface area contributed by atoms with E-state index >= 15 is 0 Å². The number of benzene rings is 1. The minimum absolute atomic E-state index is 0.452. The molecule has 0 radical (unpaired) electrons. The van der Waals surface area contributed by atoms with Gasteiger partial charge in [0, 0.05) is 17.5 Å². The van der Waals surface area contributed by atoms with Gasteiger partial charge in [-0.25, -0.2) is 0 Å². The van der Waals surface area contributed by atoms with Crippen LogP contribution in [0.15, 0.2) is 6.07 Å². The maximum Gasteiger partial charge on any atom is 0.166 e. The highest BCUT2D eigenvalue weighted by Gasteiger charge is 2.22. The Labute approximate surface area is 86.6 Å². The zero-order valence-corrected chi connectivity index (χ0v) is 8.43. The van der Waals surface area contributed by atoms with E-state index in [1.165, 1.54) is 0 Å². The number of carbonyl (C=O) groups is 1. The van der Waals surface area contributed by atoms with Crippen molar-refractivity contribution in [3.63, 3.8) is 0 Å². The van der Waals surface area contributed by atoms with Crippen molar-refractivity contribution in [3.05, 3.63) is 22.2 Å². The van der Waals surface area contributed by atoms with Crippen LogP contribution < -0.4 is 9.47 Å². The molecular weight excluding hydrogens is 204 g/mol. The molecule has 0 aliphatic carbocycles. The second-order valence-electron chi connectivity index (χ2n) is 3.01. The predicted molar refractivity (Wildman–Crippen MR) is 52.6 cm³/mol. The summed E-state index contributed by atoms with van der Waals surface area (Å²) in [4.78, 5) is 10.7. The van der Waals surface area contributed by atoms with Crippen molar-refractivity contribution in [1.29, 1.82) is 0 Å². The number of carbonyl (C=O) groups excluding carboxylic acids is 1. The second kappa shape index (κ2) is 3.50. The van der Waals surface area contributed by atoms with E-state index in [2.05, 4.69) is 0 Å². The number of methoxy groups -OCH3 is 1. The standard InChI is InChI=1S/C10H9ClO3/c1-13-8-4-6(5-12)9(11)7-2-3-14-10(7)8/h4-5H,2-3H2,1H3. The molecule has 0 amide bonds. The number of rotatable bonds is 2. The average Bonchev–Trinajstić information content (AvgIpc) is 2.68. The van der Waals surface area contributed by atoms with Gasteiger partial charge < -0.3 is 9.47 Å². The van der Waals surface area contributed by atoms with Crippen molar-refractivity contribution >= 4 is 17.9 Å². The van der Waals surface area contributed by atoms with E-state index in [4.69, 9.17) is 21.1 Å². The normalized spacial score (nSPS) is 13.3. The van der Waals surface area contributed by atoms with E-state index in [0.29, 0.717) is 28.7 Å². The molecule has 1 aromatic carbocycles. The van der Waals surface area contributed by atoms with E-state index in [-0.39, 0.29) is 0 Å². The van der Waals surface area contributed by atoms with Gasteiger partial charge >= 0.3 is 0 Å². The quantitative estimate of drug-likeness (QED) is 0.705. The molecule has 3 nitrogen and oxygen atoms in total. The minimum atomic E-state index is 0.452. The van der Waals surface area contributed by atoms with Crippen molar-refractivity contribution in [1.82, 2.24) is 0 Å². The van der Waals surface area contributed by atoms with Gasteiger partial charge in [-0.15, -0.1) is 0 Å². The average molecular weight is 213 g/mol. The lowest BCUT2D eigenvalue weighted by Gasteiger charge is -2.09. The Morgan fingerprint density at radius 3 is 3.07 bits per heavy atom. The maximum atomic E-state index is 10.7. The van der Waals surface area contributed by atoms with E-state index in [9.17, 15) is 4.79 Å². The summed E-state index contributed by atoms with van der Waals surface area (Å²) in [6.45, 7) is 0.591. The molecule has 0 unspecified atom stereocenters. The molecule has 2 rings (SSSR count). The molecule has 4 heteroatoms. The summed E-state index contributed by atoms with van der Waals surface area (Å²) in [6.07, 6.45) is 1.45. The van der Waals surface area contributed by atoms with Crippen molar-refractivity contribution in [3.8, 4) is 11.5 Å². The fourth-order valence-corrected chi connectivity index (χ4v) is 1.85. The molecule has 0 spiro atoms. The van der Waals surface area contributed by atoms with E-state index in [1.54, 1.807) is 13.2 Å². The summed E-state index contributed by atoms with van der Waals surface area (Å²) in [6, 6.07) is 1.60. The van der Waals surface area contributed by atoms with Gasteiger partial charge in [0.1, 0.15) is 0 Å². The van der Waals surface area contributed by atoms with Crippen LogP contribution in [0.25, 0.3) is 0 Å². The van der Waals surface area contributed by atoms with Gasteiger partial charge in [-0.05, 0) is 6.07 Å². The molecular formula is C10H9ClO3. The Balaban J connectivity index is 2.66. The predicted octanol–water partition coefficient (Wildman–Crippen LogP) is 2.10. The second-order valence-corrected chi connectivity index (χ2v) is 3.38. The number of hydrogen-bond donors (Lipinski definition) is 0. The Morgan fingerprint density at radius 1 is 1.64 bits per heavy atom. The summed E-state index contributed by atoms with van der Waals surface area (Å²) < 4.78 is 10.5.